The Bertz CT molecular complexity index is 791. The highest BCUT2D eigenvalue weighted by Gasteiger charge is 2.57. The molecule has 2 bridgehead atoms. The first-order valence-corrected chi connectivity index (χ1v) is 9.16. The maximum absolute atomic E-state index is 14.0. The first kappa shape index (κ1) is 20.6. The van der Waals surface area contributed by atoms with E-state index in [-0.39, 0.29) is 30.4 Å². The van der Waals surface area contributed by atoms with E-state index < -0.39 is 47.5 Å². The maximum Gasteiger partial charge on any atom is 0.243 e. The van der Waals surface area contributed by atoms with Crippen molar-refractivity contribution in [2.45, 2.75) is 49.7 Å². The molecule has 5 N–H and O–H groups in total. The number of fused-ring (bicyclic) bond motifs is 2. The van der Waals surface area contributed by atoms with Crippen LogP contribution in [0.25, 0.3) is 0 Å². The summed E-state index contributed by atoms with van der Waals surface area (Å²) < 4.78 is 40.5. The highest BCUT2D eigenvalue weighted by Crippen LogP contribution is 2.47. The van der Waals surface area contributed by atoms with Gasteiger partial charge in [-0.3, -0.25) is 9.59 Å². The Balaban J connectivity index is 1.81. The Morgan fingerprint density at radius 2 is 1.96 bits per heavy atom. The molecule has 2 fully saturated rings. The number of hydrogen-bond donors (Lipinski definition) is 3. The molecule has 1 radical (unpaired) electrons. The largest absolute Gasteiger partial charge is 0.396 e. The number of aliphatic hydroxyl groups is 1. The summed E-state index contributed by atoms with van der Waals surface area (Å²) in [6.07, 6.45) is 2.69. The Morgan fingerprint density at radius 1 is 1.29 bits per heavy atom. The molecule has 0 saturated carbocycles. The van der Waals surface area contributed by atoms with Gasteiger partial charge in [0.1, 0.15) is 11.4 Å². The van der Waals surface area contributed by atoms with Crippen LogP contribution in [0.1, 0.15) is 31.2 Å². The predicted molar refractivity (Wildman–Crippen MR) is 93.9 cm³/mol. The number of primary amides is 1. The number of carbonyl (C=O) groups is 2. The average Bonchev–Trinajstić information content (AvgIpc) is 2.87. The number of benzene rings is 1. The second-order valence-corrected chi connectivity index (χ2v) is 7.61. The number of nitrogens with zero attached hydrogens (tertiary/aromatic N) is 1. The van der Waals surface area contributed by atoms with Crippen LogP contribution in [0.5, 0.6) is 0 Å². The van der Waals surface area contributed by atoms with E-state index in [1.165, 1.54) is 4.90 Å². The van der Waals surface area contributed by atoms with Crippen LogP contribution >= 0.6 is 0 Å². The summed E-state index contributed by atoms with van der Waals surface area (Å²) in [4.78, 5) is 26.1. The van der Waals surface area contributed by atoms with Crippen molar-refractivity contribution < 1.29 is 27.9 Å². The van der Waals surface area contributed by atoms with Crippen molar-refractivity contribution in [1.29, 1.82) is 0 Å². The number of rotatable bonds is 6. The van der Waals surface area contributed by atoms with Crippen LogP contribution in [0.3, 0.4) is 0 Å². The lowest BCUT2D eigenvalue weighted by Gasteiger charge is -2.47. The van der Waals surface area contributed by atoms with Gasteiger partial charge >= 0.3 is 0 Å². The molecule has 2 saturated heterocycles. The lowest BCUT2D eigenvalue weighted by molar-refractivity contribution is -0.148. The monoisotopic (exact) mass is 398 g/mol. The number of piperidine rings is 1. The Labute approximate surface area is 160 Å². The first-order chi connectivity index (χ1) is 13.2. The third-order valence-corrected chi connectivity index (χ3v) is 6.00. The van der Waals surface area contributed by atoms with Crippen molar-refractivity contribution in [2.75, 3.05) is 6.61 Å². The van der Waals surface area contributed by atoms with E-state index in [9.17, 15) is 22.8 Å². The fraction of sp³-hybridized carbons (Fsp3) is 0.526. The minimum Gasteiger partial charge on any atom is -0.396 e. The van der Waals surface area contributed by atoms with E-state index in [2.05, 4.69) is 0 Å². The van der Waals surface area contributed by atoms with Gasteiger partial charge in [0.2, 0.25) is 11.8 Å². The van der Waals surface area contributed by atoms with Gasteiger partial charge in [-0.1, -0.05) is 0 Å². The van der Waals surface area contributed by atoms with Crippen LogP contribution < -0.4 is 11.5 Å². The van der Waals surface area contributed by atoms with E-state index >= 15 is 0 Å². The molecule has 1 aromatic carbocycles. The number of hydrogen-bond acceptors (Lipinski definition) is 4. The molecule has 3 rings (SSSR count). The zero-order valence-electron chi connectivity index (χ0n) is 15.2. The van der Waals surface area contributed by atoms with Gasteiger partial charge in [-0.25, -0.2) is 13.2 Å². The Morgan fingerprint density at radius 3 is 2.61 bits per heavy atom. The summed E-state index contributed by atoms with van der Waals surface area (Å²) in [6, 6.07) is 0.371. The molecular weight excluding hydrogens is 375 g/mol. The number of aliphatic hydroxyl groups excluding tert-OH is 1. The van der Waals surface area contributed by atoms with Gasteiger partial charge in [0.05, 0.1) is 13.0 Å². The molecule has 6 nitrogen and oxygen atoms in total. The molecular formula is C19H23F3N3O3. The second kappa shape index (κ2) is 7.71. The summed E-state index contributed by atoms with van der Waals surface area (Å²) in [5.74, 6) is -4.67. The molecule has 9 heteroatoms. The van der Waals surface area contributed by atoms with Gasteiger partial charge in [-0.15, -0.1) is 0 Å². The third-order valence-electron chi connectivity index (χ3n) is 6.00. The van der Waals surface area contributed by atoms with E-state index in [0.29, 0.717) is 25.3 Å². The van der Waals surface area contributed by atoms with Crippen molar-refractivity contribution in [3.05, 3.63) is 41.6 Å². The average molecular weight is 398 g/mol. The number of nitrogens with two attached hydrogens (primary N) is 2. The lowest BCUT2D eigenvalue weighted by atomic mass is 9.76. The van der Waals surface area contributed by atoms with Crippen molar-refractivity contribution in [1.82, 2.24) is 4.90 Å². The number of amides is 2. The quantitative estimate of drug-likeness (QED) is 0.616. The fourth-order valence-corrected chi connectivity index (χ4v) is 4.67. The van der Waals surface area contributed by atoms with Crippen LogP contribution in [-0.2, 0) is 16.0 Å². The molecule has 0 aliphatic carbocycles. The lowest BCUT2D eigenvalue weighted by Crippen LogP contribution is -2.63. The van der Waals surface area contributed by atoms with Crippen LogP contribution in [-0.4, -0.2) is 46.1 Å². The summed E-state index contributed by atoms with van der Waals surface area (Å²) in [7, 11) is 0. The fourth-order valence-electron chi connectivity index (χ4n) is 4.67. The Hall–Kier alpha value is -2.13. The normalized spacial score (nSPS) is 27.7. The molecule has 2 aliphatic heterocycles. The van der Waals surface area contributed by atoms with Crippen molar-refractivity contribution in [3.8, 4) is 0 Å². The summed E-state index contributed by atoms with van der Waals surface area (Å²) in [6.45, 7) is -0.449. The number of carbonyl (C=O) groups excluding carboxylic acids is 2. The highest BCUT2D eigenvalue weighted by atomic mass is 19.2. The zero-order valence-corrected chi connectivity index (χ0v) is 15.2. The summed E-state index contributed by atoms with van der Waals surface area (Å²) in [5, 5.41) is 9.02. The van der Waals surface area contributed by atoms with E-state index in [4.69, 9.17) is 16.6 Å². The molecule has 0 aromatic heterocycles. The van der Waals surface area contributed by atoms with Crippen LogP contribution in [0, 0.1) is 29.8 Å². The van der Waals surface area contributed by atoms with Crippen LogP contribution in [0.4, 0.5) is 13.2 Å². The predicted octanol–water partition coefficient (Wildman–Crippen LogP) is 0.795. The molecule has 2 aliphatic rings. The smallest absolute Gasteiger partial charge is 0.243 e. The molecule has 4 atom stereocenters. The summed E-state index contributed by atoms with van der Waals surface area (Å²) >= 11 is 0. The zero-order chi connectivity index (χ0) is 20.6. The van der Waals surface area contributed by atoms with Gasteiger partial charge in [0.15, 0.2) is 11.6 Å². The molecule has 2 amide bonds. The standard InChI is InChI=1S/C19H23F3N3O3/c20-13-8-15(22)14(21)6-10(13)7-16(23)11-5-12-1-3-19(9-11,18(24)28)25(12)17(27)2-4-26/h2,6,8,11-12,16,26H,1,3-5,7,9,23H2,(H2,24,28)/t11?,12?,16-,19-/m1/s1. The van der Waals surface area contributed by atoms with E-state index in [1.54, 1.807) is 0 Å². The topological polar surface area (TPSA) is 110 Å². The highest BCUT2D eigenvalue weighted by molar-refractivity contribution is 5.94. The number of halogens is 3. The van der Waals surface area contributed by atoms with E-state index in [1.807, 2.05) is 0 Å². The first-order valence-electron chi connectivity index (χ1n) is 9.16. The van der Waals surface area contributed by atoms with Crippen LogP contribution in [0.2, 0.25) is 0 Å². The molecule has 1 aromatic rings. The molecule has 0 spiro atoms. The molecule has 2 heterocycles. The van der Waals surface area contributed by atoms with Gasteiger partial charge in [-0.2, -0.15) is 0 Å². The van der Waals surface area contributed by atoms with Crippen LogP contribution in [0.15, 0.2) is 12.1 Å². The van der Waals surface area contributed by atoms with Crippen molar-refractivity contribution >= 4 is 11.8 Å². The Kier molecular flexibility index (Phi) is 5.67. The van der Waals surface area contributed by atoms with Crippen molar-refractivity contribution in [3.63, 3.8) is 0 Å². The van der Waals surface area contributed by atoms with Gasteiger partial charge < -0.3 is 21.5 Å². The SMILES string of the molecule is NC(=O)[C@@]12CCC(CC([C@H](N)Cc3cc(F)c(F)cc3F)C1)N2C(=O)[CH]CO. The molecule has 28 heavy (non-hydrogen) atoms. The molecule has 2 unspecified atom stereocenters. The van der Waals surface area contributed by atoms with Gasteiger partial charge in [0.25, 0.3) is 0 Å². The van der Waals surface area contributed by atoms with Gasteiger partial charge in [0, 0.05) is 18.2 Å². The summed E-state index contributed by atoms with van der Waals surface area (Å²) in [5.41, 5.74) is 10.6. The van der Waals surface area contributed by atoms with Crippen molar-refractivity contribution in [2.24, 2.45) is 17.4 Å². The van der Waals surface area contributed by atoms with E-state index in [0.717, 1.165) is 12.5 Å². The maximum atomic E-state index is 14.0. The molecule has 153 valence electrons. The van der Waals surface area contributed by atoms with Gasteiger partial charge in [-0.05, 0) is 49.7 Å². The third kappa shape index (κ3) is 3.48. The minimum absolute atomic E-state index is 0.0357. The second-order valence-electron chi connectivity index (χ2n) is 7.61. The minimum atomic E-state index is -1.27.